The summed E-state index contributed by atoms with van der Waals surface area (Å²) in [5, 5.41) is 6.83. The van der Waals surface area contributed by atoms with Crippen LogP contribution >= 0.6 is 0 Å². The van der Waals surface area contributed by atoms with E-state index in [1.807, 2.05) is 30.3 Å². The van der Waals surface area contributed by atoms with Gasteiger partial charge in [0.25, 0.3) is 5.91 Å². The minimum absolute atomic E-state index is 0.00306. The SMILES string of the molecule is CCNC(=NCc1ccc(C(=O)N(C)C)cc1)NCC1(c2ccc3c(c2)OCO3)CC1. The third-order valence-electron chi connectivity index (χ3n) is 5.80. The van der Waals surface area contributed by atoms with Gasteiger partial charge in [0.1, 0.15) is 0 Å². The number of ether oxygens (including phenoxy) is 2. The Morgan fingerprint density at radius 1 is 1.06 bits per heavy atom. The summed E-state index contributed by atoms with van der Waals surface area (Å²) in [5.74, 6) is 2.45. The number of nitrogens with one attached hydrogen (secondary N) is 2. The summed E-state index contributed by atoms with van der Waals surface area (Å²) in [6.45, 7) is 4.51. The second kappa shape index (κ2) is 8.88. The Labute approximate surface area is 183 Å². The maximum absolute atomic E-state index is 12.0. The number of aliphatic imine (C=N–C) groups is 1. The minimum Gasteiger partial charge on any atom is -0.454 e. The predicted molar refractivity (Wildman–Crippen MR) is 121 cm³/mol. The van der Waals surface area contributed by atoms with E-state index in [0.717, 1.165) is 49.0 Å². The second-order valence-corrected chi connectivity index (χ2v) is 8.29. The molecule has 2 aliphatic rings. The molecule has 31 heavy (non-hydrogen) atoms. The first-order valence-corrected chi connectivity index (χ1v) is 10.7. The molecule has 0 bridgehead atoms. The molecule has 1 fully saturated rings. The van der Waals surface area contributed by atoms with Crippen LogP contribution in [0.2, 0.25) is 0 Å². The predicted octanol–water partition coefficient (Wildman–Crippen LogP) is 2.90. The lowest BCUT2D eigenvalue weighted by atomic mass is 9.95. The molecule has 1 aliphatic carbocycles. The Hall–Kier alpha value is -3.22. The summed E-state index contributed by atoms with van der Waals surface area (Å²) in [5.41, 5.74) is 3.14. The molecule has 0 radical (unpaired) electrons. The lowest BCUT2D eigenvalue weighted by Gasteiger charge is -2.19. The lowest BCUT2D eigenvalue weighted by Crippen LogP contribution is -2.41. The van der Waals surface area contributed by atoms with E-state index in [1.54, 1.807) is 19.0 Å². The molecule has 0 unspecified atom stereocenters. The van der Waals surface area contributed by atoms with Crippen LogP contribution in [0.4, 0.5) is 0 Å². The standard InChI is InChI=1S/C24H30N4O3/c1-4-25-23(26-14-17-5-7-18(8-6-17)22(29)28(2)3)27-15-24(11-12-24)19-9-10-20-21(13-19)31-16-30-20/h5-10,13H,4,11-12,14-16H2,1-3H3,(H2,25,26,27). The first-order chi connectivity index (χ1) is 15.0. The van der Waals surface area contributed by atoms with Crippen LogP contribution in [-0.4, -0.2) is 50.7 Å². The number of guanidine groups is 1. The molecule has 7 heteroatoms. The lowest BCUT2D eigenvalue weighted by molar-refractivity contribution is 0.0827. The van der Waals surface area contributed by atoms with Crippen molar-refractivity contribution >= 4 is 11.9 Å². The van der Waals surface area contributed by atoms with Gasteiger partial charge in [-0.15, -0.1) is 0 Å². The van der Waals surface area contributed by atoms with Gasteiger partial charge in [-0.05, 0) is 55.2 Å². The van der Waals surface area contributed by atoms with Gasteiger partial charge in [-0.1, -0.05) is 18.2 Å². The molecule has 2 aromatic carbocycles. The van der Waals surface area contributed by atoms with Crippen molar-refractivity contribution < 1.29 is 14.3 Å². The zero-order valence-electron chi connectivity index (χ0n) is 18.4. The quantitative estimate of drug-likeness (QED) is 0.530. The number of hydrogen-bond donors (Lipinski definition) is 2. The highest BCUT2D eigenvalue weighted by atomic mass is 16.7. The maximum atomic E-state index is 12.0. The van der Waals surface area contributed by atoms with Crippen molar-refractivity contribution in [2.45, 2.75) is 31.7 Å². The maximum Gasteiger partial charge on any atom is 0.253 e. The minimum atomic E-state index is 0.00306. The van der Waals surface area contributed by atoms with Crippen molar-refractivity contribution in [2.75, 3.05) is 34.0 Å². The fourth-order valence-electron chi connectivity index (χ4n) is 3.72. The highest BCUT2D eigenvalue weighted by Gasteiger charge is 2.44. The van der Waals surface area contributed by atoms with E-state index in [-0.39, 0.29) is 11.3 Å². The number of fused-ring (bicyclic) bond motifs is 1. The number of carbonyl (C=O) groups excluding carboxylic acids is 1. The first-order valence-electron chi connectivity index (χ1n) is 10.7. The van der Waals surface area contributed by atoms with Gasteiger partial charge in [0.05, 0.1) is 6.54 Å². The van der Waals surface area contributed by atoms with E-state index < -0.39 is 0 Å². The average Bonchev–Trinajstić information content (AvgIpc) is 3.43. The third kappa shape index (κ3) is 4.76. The van der Waals surface area contributed by atoms with Crippen molar-refractivity contribution in [3.63, 3.8) is 0 Å². The van der Waals surface area contributed by atoms with Gasteiger partial charge in [0.15, 0.2) is 17.5 Å². The molecule has 4 rings (SSSR count). The van der Waals surface area contributed by atoms with Gasteiger partial charge in [0, 0.05) is 38.2 Å². The molecule has 1 aliphatic heterocycles. The van der Waals surface area contributed by atoms with Crippen LogP contribution in [0.15, 0.2) is 47.5 Å². The van der Waals surface area contributed by atoms with Crippen LogP contribution in [-0.2, 0) is 12.0 Å². The van der Waals surface area contributed by atoms with Gasteiger partial charge in [0.2, 0.25) is 6.79 Å². The molecule has 0 spiro atoms. The molecule has 2 N–H and O–H groups in total. The fourth-order valence-corrected chi connectivity index (χ4v) is 3.72. The number of hydrogen-bond acceptors (Lipinski definition) is 4. The van der Waals surface area contributed by atoms with Gasteiger partial charge < -0.3 is 25.0 Å². The monoisotopic (exact) mass is 422 g/mol. The largest absolute Gasteiger partial charge is 0.454 e. The van der Waals surface area contributed by atoms with Crippen molar-refractivity contribution in [3.05, 3.63) is 59.2 Å². The van der Waals surface area contributed by atoms with E-state index in [4.69, 9.17) is 14.5 Å². The van der Waals surface area contributed by atoms with Crippen molar-refractivity contribution in [3.8, 4) is 11.5 Å². The molecule has 0 atom stereocenters. The third-order valence-corrected chi connectivity index (χ3v) is 5.80. The Kier molecular flexibility index (Phi) is 6.02. The zero-order chi connectivity index (χ0) is 21.8. The zero-order valence-corrected chi connectivity index (χ0v) is 18.4. The molecule has 7 nitrogen and oxygen atoms in total. The summed E-state index contributed by atoms with van der Waals surface area (Å²) in [7, 11) is 3.51. The molecular formula is C24H30N4O3. The summed E-state index contributed by atoms with van der Waals surface area (Å²) < 4.78 is 11.0. The molecule has 0 aromatic heterocycles. The molecule has 1 saturated carbocycles. The van der Waals surface area contributed by atoms with E-state index in [2.05, 4.69) is 29.7 Å². The number of amides is 1. The molecular weight excluding hydrogens is 392 g/mol. The number of nitrogens with zero attached hydrogens (tertiary/aromatic N) is 2. The van der Waals surface area contributed by atoms with Crippen molar-refractivity contribution in [1.82, 2.24) is 15.5 Å². The van der Waals surface area contributed by atoms with Crippen molar-refractivity contribution in [2.24, 2.45) is 4.99 Å². The van der Waals surface area contributed by atoms with Crippen LogP contribution in [0.25, 0.3) is 0 Å². The fraction of sp³-hybridized carbons (Fsp3) is 0.417. The van der Waals surface area contributed by atoms with Crippen LogP contribution < -0.4 is 20.1 Å². The molecule has 1 amide bonds. The van der Waals surface area contributed by atoms with Gasteiger partial charge in [-0.3, -0.25) is 4.79 Å². The molecule has 164 valence electrons. The van der Waals surface area contributed by atoms with Crippen LogP contribution in [0.5, 0.6) is 11.5 Å². The number of rotatable bonds is 7. The Bertz CT molecular complexity index is 965. The smallest absolute Gasteiger partial charge is 0.253 e. The van der Waals surface area contributed by atoms with Gasteiger partial charge in [-0.25, -0.2) is 4.99 Å². The highest BCUT2D eigenvalue weighted by molar-refractivity contribution is 5.93. The van der Waals surface area contributed by atoms with E-state index in [0.29, 0.717) is 18.9 Å². The van der Waals surface area contributed by atoms with Crippen molar-refractivity contribution in [1.29, 1.82) is 0 Å². The topological polar surface area (TPSA) is 75.2 Å². The summed E-state index contributed by atoms with van der Waals surface area (Å²) in [6.07, 6.45) is 2.28. The molecule has 1 heterocycles. The summed E-state index contributed by atoms with van der Waals surface area (Å²) in [4.78, 5) is 18.3. The molecule has 2 aromatic rings. The van der Waals surface area contributed by atoms with E-state index >= 15 is 0 Å². The first kappa shape index (κ1) is 21.0. The highest BCUT2D eigenvalue weighted by Crippen LogP contribution is 2.49. The van der Waals surface area contributed by atoms with Gasteiger partial charge >= 0.3 is 0 Å². The normalized spacial score (nSPS) is 16.0. The second-order valence-electron chi connectivity index (χ2n) is 8.29. The number of benzene rings is 2. The summed E-state index contributed by atoms with van der Waals surface area (Å²) >= 11 is 0. The van der Waals surface area contributed by atoms with E-state index in [9.17, 15) is 4.79 Å². The Morgan fingerprint density at radius 2 is 1.81 bits per heavy atom. The van der Waals surface area contributed by atoms with Gasteiger partial charge in [-0.2, -0.15) is 0 Å². The number of carbonyl (C=O) groups is 1. The van der Waals surface area contributed by atoms with Crippen LogP contribution in [0.1, 0.15) is 41.3 Å². The van der Waals surface area contributed by atoms with Crippen LogP contribution in [0, 0.1) is 0 Å². The molecule has 0 saturated heterocycles. The Morgan fingerprint density at radius 3 is 2.48 bits per heavy atom. The van der Waals surface area contributed by atoms with E-state index in [1.165, 1.54) is 5.56 Å². The average molecular weight is 423 g/mol. The Balaban J connectivity index is 1.39. The summed E-state index contributed by atoms with van der Waals surface area (Å²) in [6, 6.07) is 13.9. The van der Waals surface area contributed by atoms with Crippen LogP contribution in [0.3, 0.4) is 0 Å².